The molecule has 128 valence electrons. The van der Waals surface area contributed by atoms with Gasteiger partial charge >= 0.3 is 0 Å². The monoisotopic (exact) mass is 380 g/mol. The zero-order valence-corrected chi connectivity index (χ0v) is 13.9. The quantitative estimate of drug-likeness (QED) is 0.390. The molecule has 0 spiro atoms. The molecule has 0 saturated heterocycles. The van der Waals surface area contributed by atoms with Crippen LogP contribution in [0, 0.1) is 10.1 Å². The molecule has 0 fully saturated rings. The van der Waals surface area contributed by atoms with Gasteiger partial charge in [-0.05, 0) is 24.3 Å². The summed E-state index contributed by atoms with van der Waals surface area (Å²) in [5.74, 6) is 0.0783. The van der Waals surface area contributed by atoms with Gasteiger partial charge in [-0.2, -0.15) is 0 Å². The van der Waals surface area contributed by atoms with Crippen molar-refractivity contribution in [3.63, 3.8) is 0 Å². The molecule has 0 radical (unpaired) electrons. The average molecular weight is 381 g/mol. The van der Waals surface area contributed by atoms with Crippen LogP contribution < -0.4 is 5.32 Å². The molecule has 0 aliphatic rings. The predicted molar refractivity (Wildman–Crippen MR) is 89.5 cm³/mol. The van der Waals surface area contributed by atoms with Gasteiger partial charge < -0.3 is 14.2 Å². The second-order valence-corrected chi connectivity index (χ2v) is 5.97. The highest BCUT2D eigenvalue weighted by molar-refractivity contribution is 7.99. The molecule has 0 saturated carbocycles. The molecule has 0 bridgehead atoms. The summed E-state index contributed by atoms with van der Waals surface area (Å²) in [4.78, 5) is 22.4. The zero-order chi connectivity index (χ0) is 17.8. The van der Waals surface area contributed by atoms with Gasteiger partial charge in [0.2, 0.25) is 5.91 Å². The van der Waals surface area contributed by atoms with Gasteiger partial charge in [-0.15, -0.1) is 10.2 Å². The molecular formula is C14H9ClN4O5S. The molecule has 25 heavy (non-hydrogen) atoms. The number of rotatable bonds is 6. The number of halogens is 1. The lowest BCUT2D eigenvalue weighted by Crippen LogP contribution is -2.15. The summed E-state index contributed by atoms with van der Waals surface area (Å²) >= 11 is 6.72. The first kappa shape index (κ1) is 17.0. The van der Waals surface area contributed by atoms with Gasteiger partial charge in [-0.1, -0.05) is 23.4 Å². The maximum absolute atomic E-state index is 12.0. The van der Waals surface area contributed by atoms with E-state index in [0.717, 1.165) is 17.8 Å². The minimum Gasteiger partial charge on any atom is -0.459 e. The number of nitrogens with one attached hydrogen (secondary N) is 1. The largest absolute Gasteiger partial charge is 0.459 e. The van der Waals surface area contributed by atoms with Gasteiger partial charge in [0, 0.05) is 11.1 Å². The highest BCUT2D eigenvalue weighted by Crippen LogP contribution is 2.28. The molecule has 1 N–H and O–H groups in total. The number of carbonyl (C=O) groups excluding carboxylic acids is 1. The summed E-state index contributed by atoms with van der Waals surface area (Å²) in [5.41, 5.74) is -0.231. The van der Waals surface area contributed by atoms with Crippen LogP contribution in [-0.4, -0.2) is 26.8 Å². The fourth-order valence-corrected chi connectivity index (χ4v) is 2.57. The third kappa shape index (κ3) is 4.17. The van der Waals surface area contributed by atoms with Crippen LogP contribution in [0.15, 0.2) is 50.7 Å². The Hall–Kier alpha value is -2.85. The van der Waals surface area contributed by atoms with Crippen molar-refractivity contribution in [2.45, 2.75) is 5.22 Å². The molecule has 0 aliphatic heterocycles. The van der Waals surface area contributed by atoms with E-state index >= 15 is 0 Å². The lowest BCUT2D eigenvalue weighted by atomic mass is 10.2. The Morgan fingerprint density at radius 1 is 1.36 bits per heavy atom. The Kier molecular flexibility index (Phi) is 5.00. The van der Waals surface area contributed by atoms with E-state index < -0.39 is 10.8 Å². The van der Waals surface area contributed by atoms with E-state index in [2.05, 4.69) is 15.5 Å². The van der Waals surface area contributed by atoms with Gasteiger partial charge in [0.1, 0.15) is 5.69 Å². The number of nitro benzene ring substituents is 1. The summed E-state index contributed by atoms with van der Waals surface area (Å²) in [6.07, 6.45) is 1.47. The molecule has 2 aromatic heterocycles. The van der Waals surface area contributed by atoms with E-state index in [1.54, 1.807) is 12.1 Å². The highest BCUT2D eigenvalue weighted by atomic mass is 35.5. The minimum atomic E-state index is -0.623. The van der Waals surface area contributed by atoms with Crippen LogP contribution in [0.4, 0.5) is 11.4 Å². The van der Waals surface area contributed by atoms with Crippen LogP contribution in [0.25, 0.3) is 11.7 Å². The molecule has 9 nitrogen and oxygen atoms in total. The van der Waals surface area contributed by atoms with Crippen LogP contribution in [0.1, 0.15) is 0 Å². The van der Waals surface area contributed by atoms with Gasteiger partial charge in [0.25, 0.3) is 16.8 Å². The van der Waals surface area contributed by atoms with Crippen molar-refractivity contribution < 1.29 is 18.6 Å². The fraction of sp³-hybridized carbons (Fsp3) is 0.0714. The highest BCUT2D eigenvalue weighted by Gasteiger charge is 2.18. The van der Waals surface area contributed by atoms with Crippen molar-refractivity contribution in [2.24, 2.45) is 0 Å². The van der Waals surface area contributed by atoms with Crippen LogP contribution in [-0.2, 0) is 4.79 Å². The summed E-state index contributed by atoms with van der Waals surface area (Å²) in [6.45, 7) is 0. The topological polar surface area (TPSA) is 124 Å². The maximum Gasteiger partial charge on any atom is 0.294 e. The third-order valence-electron chi connectivity index (χ3n) is 2.90. The zero-order valence-electron chi connectivity index (χ0n) is 12.3. The molecule has 3 aromatic rings. The standard InChI is InChI=1S/C14H9ClN4O5S/c15-8-3-4-9(10(6-8)19(21)22)16-12(20)7-25-14-18-17-13(24-14)11-2-1-5-23-11/h1-6H,7H2,(H,16,20). The summed E-state index contributed by atoms with van der Waals surface area (Å²) < 4.78 is 10.5. The molecule has 11 heteroatoms. The second kappa shape index (κ2) is 7.36. The molecule has 0 atom stereocenters. The second-order valence-electron chi connectivity index (χ2n) is 4.61. The molecule has 0 aliphatic carbocycles. The fourth-order valence-electron chi connectivity index (χ4n) is 1.84. The first-order valence-electron chi connectivity index (χ1n) is 6.77. The Labute approximate surface area is 149 Å². The molecule has 1 aromatic carbocycles. The smallest absolute Gasteiger partial charge is 0.294 e. The number of aromatic nitrogens is 2. The number of nitrogens with zero attached hydrogens (tertiary/aromatic N) is 3. The Morgan fingerprint density at radius 2 is 2.20 bits per heavy atom. The number of amides is 1. The number of hydrogen-bond acceptors (Lipinski definition) is 8. The van der Waals surface area contributed by atoms with Gasteiger partial charge in [-0.25, -0.2) is 0 Å². The van der Waals surface area contributed by atoms with Crippen molar-refractivity contribution in [1.29, 1.82) is 0 Å². The Morgan fingerprint density at radius 3 is 2.92 bits per heavy atom. The maximum atomic E-state index is 12.0. The average Bonchev–Trinajstić information content (AvgIpc) is 3.25. The number of anilines is 1. The van der Waals surface area contributed by atoms with Crippen molar-refractivity contribution in [1.82, 2.24) is 10.2 Å². The first-order valence-corrected chi connectivity index (χ1v) is 8.13. The van der Waals surface area contributed by atoms with E-state index in [4.69, 9.17) is 20.4 Å². The van der Waals surface area contributed by atoms with E-state index in [1.165, 1.54) is 18.4 Å². The summed E-state index contributed by atoms with van der Waals surface area (Å²) in [6, 6.07) is 7.32. The molecular weight excluding hydrogens is 372 g/mol. The minimum absolute atomic E-state index is 0.0572. The summed E-state index contributed by atoms with van der Waals surface area (Å²) in [5, 5.41) is 21.4. The van der Waals surface area contributed by atoms with Crippen LogP contribution in [0.5, 0.6) is 0 Å². The molecule has 1 amide bonds. The summed E-state index contributed by atoms with van der Waals surface area (Å²) in [7, 11) is 0. The first-order chi connectivity index (χ1) is 12.0. The van der Waals surface area contributed by atoms with Crippen molar-refractivity contribution in [2.75, 3.05) is 11.1 Å². The number of benzene rings is 1. The Bertz CT molecular complexity index is 912. The van der Waals surface area contributed by atoms with Gasteiger partial charge in [-0.3, -0.25) is 14.9 Å². The number of nitro groups is 1. The predicted octanol–water partition coefficient (Wildman–Crippen LogP) is 3.62. The number of thioether (sulfide) groups is 1. The van der Waals surface area contributed by atoms with Crippen molar-refractivity contribution in [3.05, 3.63) is 51.7 Å². The van der Waals surface area contributed by atoms with Gasteiger partial charge in [0.05, 0.1) is 16.9 Å². The van der Waals surface area contributed by atoms with Crippen molar-refractivity contribution >= 4 is 40.6 Å². The number of hydrogen-bond donors (Lipinski definition) is 1. The SMILES string of the molecule is O=C(CSc1nnc(-c2ccco2)o1)Nc1ccc(Cl)cc1[N+](=O)[O-]. The van der Waals surface area contributed by atoms with Gasteiger partial charge in [0.15, 0.2) is 5.76 Å². The van der Waals surface area contributed by atoms with E-state index in [1.807, 2.05) is 0 Å². The lowest BCUT2D eigenvalue weighted by molar-refractivity contribution is -0.383. The van der Waals surface area contributed by atoms with Crippen LogP contribution in [0.2, 0.25) is 5.02 Å². The van der Waals surface area contributed by atoms with Crippen LogP contribution in [0.3, 0.4) is 0 Å². The molecule has 2 heterocycles. The third-order valence-corrected chi connectivity index (χ3v) is 3.95. The Balaban J connectivity index is 1.61. The molecule has 3 rings (SSSR count). The van der Waals surface area contributed by atoms with E-state index in [0.29, 0.717) is 5.76 Å². The lowest BCUT2D eigenvalue weighted by Gasteiger charge is -2.05. The van der Waals surface area contributed by atoms with E-state index in [9.17, 15) is 14.9 Å². The molecule has 0 unspecified atom stereocenters. The number of carbonyl (C=O) groups is 1. The van der Waals surface area contributed by atoms with E-state index in [-0.39, 0.29) is 33.3 Å². The normalized spacial score (nSPS) is 10.6. The van der Waals surface area contributed by atoms with Crippen molar-refractivity contribution in [3.8, 4) is 11.7 Å². The van der Waals surface area contributed by atoms with Crippen LogP contribution >= 0.6 is 23.4 Å². The number of furan rings is 1.